The molecule has 2 aromatic rings. The first-order valence-electron chi connectivity index (χ1n) is 8.73. The van der Waals surface area contributed by atoms with Crippen LogP contribution in [0.25, 0.3) is 0 Å². The van der Waals surface area contributed by atoms with Gasteiger partial charge in [0.05, 0.1) is 12.3 Å². The first-order chi connectivity index (χ1) is 11.9. The molecule has 4 rings (SSSR count). The van der Waals surface area contributed by atoms with E-state index in [9.17, 15) is 0 Å². The number of nitrogens with one attached hydrogen (secondary N) is 1. The first kappa shape index (κ1) is 16.2. The van der Waals surface area contributed by atoms with Gasteiger partial charge >= 0.3 is 0 Å². The lowest BCUT2D eigenvalue weighted by Gasteiger charge is -2.22. The van der Waals surface area contributed by atoms with E-state index in [1.807, 2.05) is 11.6 Å². The molecular formula is C17H24N4O2S. The van der Waals surface area contributed by atoms with Crippen molar-refractivity contribution in [2.75, 3.05) is 26.4 Å². The fourth-order valence-corrected chi connectivity index (χ4v) is 4.01. The van der Waals surface area contributed by atoms with Crippen LogP contribution in [0.15, 0.2) is 17.8 Å². The lowest BCUT2D eigenvalue weighted by Crippen LogP contribution is -2.27. The monoisotopic (exact) mass is 348 g/mol. The molecule has 0 radical (unpaired) electrons. The molecule has 24 heavy (non-hydrogen) atoms. The Kier molecular flexibility index (Phi) is 5.22. The van der Waals surface area contributed by atoms with Crippen LogP contribution in [0.3, 0.4) is 0 Å². The van der Waals surface area contributed by atoms with E-state index in [4.69, 9.17) is 14.6 Å². The fourth-order valence-electron chi connectivity index (χ4n) is 3.42. The highest BCUT2D eigenvalue weighted by Gasteiger charge is 2.25. The fraction of sp³-hybridized carbons (Fsp3) is 0.647. The zero-order valence-electron chi connectivity index (χ0n) is 13.8. The Labute approximate surface area is 146 Å². The van der Waals surface area contributed by atoms with E-state index in [0.717, 1.165) is 69.4 Å². The maximum absolute atomic E-state index is 5.95. The zero-order valence-corrected chi connectivity index (χ0v) is 14.6. The molecule has 0 spiro atoms. The average Bonchev–Trinajstić information content (AvgIpc) is 3.25. The highest BCUT2D eigenvalue weighted by atomic mass is 32.1. The quantitative estimate of drug-likeness (QED) is 0.867. The summed E-state index contributed by atoms with van der Waals surface area (Å²) in [5, 5.41) is 11.4. The number of ether oxygens (including phenoxy) is 2. The van der Waals surface area contributed by atoms with Gasteiger partial charge in [0.15, 0.2) is 0 Å². The minimum Gasteiger partial charge on any atom is -0.381 e. The molecular weight excluding hydrogens is 324 g/mol. The van der Waals surface area contributed by atoms with Gasteiger partial charge in [-0.05, 0) is 30.7 Å². The maximum Gasteiger partial charge on any atom is 0.114 e. The van der Waals surface area contributed by atoms with E-state index in [-0.39, 0.29) is 6.10 Å². The molecule has 0 aliphatic carbocycles. The van der Waals surface area contributed by atoms with Crippen molar-refractivity contribution < 1.29 is 9.47 Å². The lowest BCUT2D eigenvalue weighted by molar-refractivity contribution is 0.0388. The van der Waals surface area contributed by atoms with E-state index in [1.165, 1.54) is 5.56 Å². The summed E-state index contributed by atoms with van der Waals surface area (Å²) in [6, 6.07) is 0. The summed E-state index contributed by atoms with van der Waals surface area (Å²) in [6.45, 7) is 5.11. The van der Waals surface area contributed by atoms with Gasteiger partial charge in [-0.15, -0.1) is 11.3 Å². The van der Waals surface area contributed by atoms with Crippen LogP contribution in [0.2, 0.25) is 0 Å². The minimum absolute atomic E-state index is 0.0460. The van der Waals surface area contributed by atoms with Gasteiger partial charge in [0.25, 0.3) is 0 Å². The zero-order chi connectivity index (χ0) is 16.2. The minimum atomic E-state index is 0.0460. The number of fused-ring (bicyclic) bond motifs is 1. The van der Waals surface area contributed by atoms with Crippen molar-refractivity contribution in [2.24, 2.45) is 5.92 Å². The predicted molar refractivity (Wildman–Crippen MR) is 92.0 cm³/mol. The molecule has 4 heterocycles. The van der Waals surface area contributed by atoms with Crippen LogP contribution in [-0.4, -0.2) is 41.1 Å². The molecule has 0 saturated carbocycles. The molecule has 2 aliphatic heterocycles. The van der Waals surface area contributed by atoms with Crippen LogP contribution in [-0.2, 0) is 29.0 Å². The summed E-state index contributed by atoms with van der Waals surface area (Å²) in [5.41, 5.74) is 2.45. The van der Waals surface area contributed by atoms with Crippen molar-refractivity contribution in [2.45, 2.75) is 38.5 Å². The molecule has 0 unspecified atom stereocenters. The van der Waals surface area contributed by atoms with Crippen LogP contribution < -0.4 is 5.32 Å². The molecule has 6 nitrogen and oxygen atoms in total. The number of hydrogen-bond acceptors (Lipinski definition) is 6. The molecule has 7 heteroatoms. The molecule has 2 aliphatic rings. The Hall–Kier alpha value is -1.28. The van der Waals surface area contributed by atoms with Crippen molar-refractivity contribution in [3.05, 3.63) is 34.0 Å². The van der Waals surface area contributed by atoms with Gasteiger partial charge in [-0.3, -0.25) is 4.68 Å². The smallest absolute Gasteiger partial charge is 0.114 e. The summed E-state index contributed by atoms with van der Waals surface area (Å²) in [5.74, 6) is 0.683. The third kappa shape index (κ3) is 3.85. The normalized spacial score (nSPS) is 21.8. The summed E-state index contributed by atoms with van der Waals surface area (Å²) in [4.78, 5) is 4.30. The van der Waals surface area contributed by atoms with Crippen LogP contribution >= 0.6 is 11.3 Å². The Balaban J connectivity index is 1.36. The maximum atomic E-state index is 5.95. The second kappa shape index (κ2) is 7.74. The van der Waals surface area contributed by atoms with E-state index in [2.05, 4.69) is 21.2 Å². The molecule has 1 atom stereocenters. The molecule has 2 aromatic heterocycles. The van der Waals surface area contributed by atoms with Gasteiger partial charge in [-0.2, -0.15) is 5.10 Å². The number of aromatic nitrogens is 3. The molecule has 0 aromatic carbocycles. The number of nitrogens with zero attached hydrogens (tertiary/aromatic N) is 3. The molecule has 1 N–H and O–H groups in total. The molecule has 1 fully saturated rings. The number of thiazole rings is 1. The molecule has 130 valence electrons. The van der Waals surface area contributed by atoms with Crippen LogP contribution in [0, 0.1) is 5.92 Å². The Morgan fingerprint density at radius 1 is 1.29 bits per heavy atom. The molecule has 0 amide bonds. The van der Waals surface area contributed by atoms with Crippen LogP contribution in [0.5, 0.6) is 0 Å². The van der Waals surface area contributed by atoms with E-state index < -0.39 is 0 Å². The van der Waals surface area contributed by atoms with Gasteiger partial charge in [-0.25, -0.2) is 4.98 Å². The summed E-state index contributed by atoms with van der Waals surface area (Å²) < 4.78 is 13.5. The average molecular weight is 348 g/mol. The van der Waals surface area contributed by atoms with Gasteiger partial charge in [-0.1, -0.05) is 0 Å². The van der Waals surface area contributed by atoms with E-state index in [0.29, 0.717) is 5.92 Å². The highest BCUT2D eigenvalue weighted by molar-refractivity contribution is 7.09. The van der Waals surface area contributed by atoms with Crippen molar-refractivity contribution in [1.82, 2.24) is 20.1 Å². The van der Waals surface area contributed by atoms with Gasteiger partial charge in [0.2, 0.25) is 0 Å². The standard InChI is InChI=1S/C17H24N4O2S/c1-5-22-6-2-13(1)11-21-12-14-3-7-23-15(17(14)20-21)9-18-10-16-19-4-8-24-16/h4,8,12-13,15,18H,1-3,5-7,9-11H2/t15-/m0/s1. The van der Waals surface area contributed by atoms with E-state index in [1.54, 1.807) is 11.3 Å². The van der Waals surface area contributed by atoms with Crippen molar-refractivity contribution >= 4 is 11.3 Å². The highest BCUT2D eigenvalue weighted by Crippen LogP contribution is 2.26. The van der Waals surface area contributed by atoms with Crippen molar-refractivity contribution in [1.29, 1.82) is 0 Å². The van der Waals surface area contributed by atoms with Crippen LogP contribution in [0.1, 0.15) is 35.2 Å². The third-order valence-corrected chi connectivity index (χ3v) is 5.52. The third-order valence-electron chi connectivity index (χ3n) is 4.74. The summed E-state index contributed by atoms with van der Waals surface area (Å²) in [7, 11) is 0. The molecule has 1 saturated heterocycles. The lowest BCUT2D eigenvalue weighted by atomic mass is 10.0. The molecule has 0 bridgehead atoms. The Bertz CT molecular complexity index is 637. The van der Waals surface area contributed by atoms with Crippen molar-refractivity contribution in [3.8, 4) is 0 Å². The summed E-state index contributed by atoms with van der Waals surface area (Å²) >= 11 is 1.67. The van der Waals surface area contributed by atoms with Crippen molar-refractivity contribution in [3.63, 3.8) is 0 Å². The SMILES string of the molecule is c1csc(CNC[C@@H]2OCCc3cn(CC4CCOCC4)nc32)n1. The van der Waals surface area contributed by atoms with Gasteiger partial charge in [0, 0.05) is 50.6 Å². The predicted octanol–water partition coefficient (Wildman–Crippen LogP) is 2.17. The second-order valence-corrected chi connectivity index (χ2v) is 7.46. The van der Waals surface area contributed by atoms with E-state index >= 15 is 0 Å². The topological polar surface area (TPSA) is 61.2 Å². The largest absolute Gasteiger partial charge is 0.381 e. The van der Waals surface area contributed by atoms with Gasteiger partial charge < -0.3 is 14.8 Å². The summed E-state index contributed by atoms with van der Waals surface area (Å²) in [6.07, 6.45) is 7.35. The number of hydrogen-bond donors (Lipinski definition) is 1. The second-order valence-electron chi connectivity index (χ2n) is 6.48. The van der Waals surface area contributed by atoms with Gasteiger partial charge in [0.1, 0.15) is 11.1 Å². The van der Waals surface area contributed by atoms with Crippen LogP contribution in [0.4, 0.5) is 0 Å². The first-order valence-corrected chi connectivity index (χ1v) is 9.61. The Morgan fingerprint density at radius 3 is 3.04 bits per heavy atom. The number of rotatable bonds is 6. The Morgan fingerprint density at radius 2 is 2.21 bits per heavy atom.